The summed E-state index contributed by atoms with van der Waals surface area (Å²) >= 11 is 0. The molecule has 0 aromatic rings. The Balaban J connectivity index is 0. The Bertz CT molecular complexity index is 545. The number of unbranched alkanes of at least 4 members (excludes halogenated alkanes) is 2. The maximum Gasteiger partial charge on any atom is 0.330 e. The van der Waals surface area contributed by atoms with E-state index in [-0.39, 0.29) is 12.5 Å². The summed E-state index contributed by atoms with van der Waals surface area (Å²) < 4.78 is 9.56. The highest BCUT2D eigenvalue weighted by molar-refractivity contribution is 5.81. The van der Waals surface area contributed by atoms with Gasteiger partial charge in [0.05, 0.1) is 13.2 Å². The van der Waals surface area contributed by atoms with Gasteiger partial charge in [0.1, 0.15) is 0 Å². The van der Waals surface area contributed by atoms with E-state index >= 15 is 0 Å². The van der Waals surface area contributed by atoms with Crippen LogP contribution in [0.4, 0.5) is 4.79 Å². The van der Waals surface area contributed by atoms with Gasteiger partial charge in [-0.2, -0.15) is 0 Å². The normalized spacial score (nSPS) is 9.48. The lowest BCUT2D eigenvalue weighted by Gasteiger charge is -2.21. The molecule has 0 aliphatic rings. The van der Waals surface area contributed by atoms with Gasteiger partial charge in [0, 0.05) is 38.2 Å². The fraction of sp³-hybridized carbons (Fsp3) is 0.636. The zero-order chi connectivity index (χ0) is 23.9. The van der Waals surface area contributed by atoms with Crippen molar-refractivity contribution in [3.8, 4) is 0 Å². The Hall–Kier alpha value is -2.84. The van der Waals surface area contributed by atoms with E-state index in [1.165, 1.54) is 0 Å². The summed E-state index contributed by atoms with van der Waals surface area (Å²) in [6.07, 6.45) is 7.69. The third-order valence-electron chi connectivity index (χ3n) is 3.82. The predicted molar refractivity (Wildman–Crippen MR) is 120 cm³/mol. The lowest BCUT2D eigenvalue weighted by molar-refractivity contribution is -0.139. The van der Waals surface area contributed by atoms with Crippen molar-refractivity contribution < 1.29 is 28.7 Å². The lowest BCUT2D eigenvalue weighted by Crippen LogP contribution is -2.32. The van der Waals surface area contributed by atoms with Gasteiger partial charge >= 0.3 is 18.0 Å². The summed E-state index contributed by atoms with van der Waals surface area (Å²) in [6.45, 7) is 13.5. The number of rotatable bonds is 16. The summed E-state index contributed by atoms with van der Waals surface area (Å²) in [4.78, 5) is 45.3. The molecule has 0 fully saturated rings. The first-order valence-electron chi connectivity index (χ1n) is 10.7. The highest BCUT2D eigenvalue weighted by atomic mass is 16.5. The number of hydrogen-bond acceptors (Lipinski definition) is 6. The van der Waals surface area contributed by atoms with Crippen LogP contribution in [0.2, 0.25) is 0 Å². The monoisotopic (exact) mass is 441 g/mol. The number of carbonyl (C=O) groups is 4. The number of carbonyl (C=O) groups excluding carboxylic acids is 4. The van der Waals surface area contributed by atoms with Crippen LogP contribution in [0.25, 0.3) is 0 Å². The molecule has 0 saturated carbocycles. The van der Waals surface area contributed by atoms with Crippen LogP contribution in [0.1, 0.15) is 58.8 Å². The van der Waals surface area contributed by atoms with Crippen molar-refractivity contribution in [1.29, 1.82) is 0 Å². The summed E-state index contributed by atoms with van der Waals surface area (Å²) in [5, 5.41) is 2.47. The van der Waals surface area contributed by atoms with Crippen molar-refractivity contribution in [1.82, 2.24) is 10.2 Å². The number of nitrogens with two attached hydrogens (primary N) is 1. The Morgan fingerprint density at radius 2 is 1.39 bits per heavy atom. The summed E-state index contributed by atoms with van der Waals surface area (Å²) in [6, 6.07) is -0.511. The van der Waals surface area contributed by atoms with Gasteiger partial charge < -0.3 is 25.4 Å². The van der Waals surface area contributed by atoms with Crippen molar-refractivity contribution in [2.45, 2.75) is 58.8 Å². The van der Waals surface area contributed by atoms with E-state index in [0.29, 0.717) is 26.0 Å². The van der Waals surface area contributed by atoms with Gasteiger partial charge in [-0.15, -0.1) is 0 Å². The number of hydrogen-bond donors (Lipinski definition) is 2. The fourth-order valence-electron chi connectivity index (χ4n) is 2.36. The fourth-order valence-corrected chi connectivity index (χ4v) is 2.36. The van der Waals surface area contributed by atoms with E-state index in [1.54, 1.807) is 0 Å². The first-order chi connectivity index (χ1) is 14.8. The van der Waals surface area contributed by atoms with Crippen molar-refractivity contribution >= 4 is 23.9 Å². The van der Waals surface area contributed by atoms with Crippen molar-refractivity contribution in [3.05, 3.63) is 25.3 Å². The van der Waals surface area contributed by atoms with Gasteiger partial charge in [-0.05, 0) is 38.5 Å². The number of nitrogens with zero attached hydrogens (tertiary/aromatic N) is 1. The summed E-state index contributed by atoms with van der Waals surface area (Å²) in [5.74, 6) is -0.694. The predicted octanol–water partition coefficient (Wildman–Crippen LogP) is 2.70. The Morgan fingerprint density at radius 1 is 0.871 bits per heavy atom. The topological polar surface area (TPSA) is 128 Å². The third kappa shape index (κ3) is 21.7. The van der Waals surface area contributed by atoms with Gasteiger partial charge in [-0.3, -0.25) is 4.79 Å². The molecule has 0 aliphatic carbocycles. The molecule has 9 nitrogen and oxygen atoms in total. The van der Waals surface area contributed by atoms with Crippen LogP contribution in [-0.2, 0) is 23.9 Å². The second-order valence-corrected chi connectivity index (χ2v) is 6.58. The maximum atomic E-state index is 11.8. The van der Waals surface area contributed by atoms with Gasteiger partial charge in [0.2, 0.25) is 5.91 Å². The number of amides is 3. The average molecular weight is 442 g/mol. The van der Waals surface area contributed by atoms with Crippen LogP contribution in [0.5, 0.6) is 0 Å². The molecule has 0 heterocycles. The minimum absolute atomic E-state index is 0.142. The van der Waals surface area contributed by atoms with E-state index < -0.39 is 18.0 Å². The second-order valence-electron chi connectivity index (χ2n) is 6.58. The number of nitrogens with one attached hydrogen (secondary N) is 1. The largest absolute Gasteiger partial charge is 0.463 e. The maximum absolute atomic E-state index is 11.8. The smallest absolute Gasteiger partial charge is 0.330 e. The summed E-state index contributed by atoms with van der Waals surface area (Å²) in [5.41, 5.74) is 4.86. The molecule has 0 radical (unpaired) electrons. The van der Waals surface area contributed by atoms with Crippen molar-refractivity contribution in [2.75, 3.05) is 32.8 Å². The first-order valence-corrected chi connectivity index (χ1v) is 10.7. The van der Waals surface area contributed by atoms with Crippen molar-refractivity contribution in [3.63, 3.8) is 0 Å². The van der Waals surface area contributed by atoms with Gasteiger partial charge in [0.15, 0.2) is 0 Å². The van der Waals surface area contributed by atoms with Crippen LogP contribution in [0.3, 0.4) is 0 Å². The molecule has 0 aromatic carbocycles. The van der Waals surface area contributed by atoms with E-state index in [4.69, 9.17) is 15.2 Å². The summed E-state index contributed by atoms with van der Waals surface area (Å²) in [7, 11) is 0. The molecule has 3 N–H and O–H groups in total. The Kier molecular flexibility index (Phi) is 21.4. The SMILES string of the molecule is C=CC(=O)OCCCC(=O)N(CCC)CCC.C=CC(=O)OCCCCCNC(N)=O. The van der Waals surface area contributed by atoms with E-state index in [2.05, 4.69) is 32.3 Å². The number of primary amides is 1. The molecule has 31 heavy (non-hydrogen) atoms. The third-order valence-corrected chi connectivity index (χ3v) is 3.82. The van der Waals surface area contributed by atoms with Gasteiger partial charge in [-0.25, -0.2) is 14.4 Å². The molecule has 0 aliphatic heterocycles. The molecule has 0 atom stereocenters. The van der Waals surface area contributed by atoms with Gasteiger partial charge in [-0.1, -0.05) is 27.0 Å². The van der Waals surface area contributed by atoms with Crippen LogP contribution in [0, 0.1) is 0 Å². The molecule has 3 amide bonds. The molecule has 0 bridgehead atoms. The first kappa shape index (κ1) is 30.4. The highest BCUT2D eigenvalue weighted by Crippen LogP contribution is 2.01. The van der Waals surface area contributed by atoms with Crippen LogP contribution >= 0.6 is 0 Å². The molecule has 0 rings (SSSR count). The van der Waals surface area contributed by atoms with E-state index in [9.17, 15) is 19.2 Å². The minimum Gasteiger partial charge on any atom is -0.463 e. The highest BCUT2D eigenvalue weighted by Gasteiger charge is 2.11. The molecule has 0 aromatic heterocycles. The van der Waals surface area contributed by atoms with Crippen LogP contribution in [-0.4, -0.2) is 61.6 Å². The van der Waals surface area contributed by atoms with E-state index in [0.717, 1.165) is 57.3 Å². The minimum atomic E-state index is -0.511. The number of esters is 2. The lowest BCUT2D eigenvalue weighted by atomic mass is 10.2. The molecule has 0 unspecified atom stereocenters. The number of ether oxygens (including phenoxy) is 2. The molecule has 0 saturated heterocycles. The van der Waals surface area contributed by atoms with Gasteiger partial charge in [0.25, 0.3) is 0 Å². The van der Waals surface area contributed by atoms with Crippen LogP contribution in [0.15, 0.2) is 25.3 Å². The van der Waals surface area contributed by atoms with E-state index in [1.807, 2.05) is 4.90 Å². The molecular weight excluding hydrogens is 402 g/mol. The standard InChI is InChI=1S/C13H23NO3.C9H16N2O3/c1-4-9-14(10-5-2)12(15)8-7-11-17-13(16)6-3;1-2-8(12)14-7-5-3-4-6-11-9(10)13/h6H,3-5,7-11H2,1-2H3;2H,1,3-7H2,(H3,10,11,13). The zero-order valence-corrected chi connectivity index (χ0v) is 19.0. The van der Waals surface area contributed by atoms with Crippen molar-refractivity contribution in [2.24, 2.45) is 5.73 Å². The molecule has 178 valence electrons. The zero-order valence-electron chi connectivity index (χ0n) is 19.0. The average Bonchev–Trinajstić information content (AvgIpc) is 2.75. The second kappa shape index (κ2) is 21.9. The molecule has 9 heteroatoms. The van der Waals surface area contributed by atoms with Crippen LogP contribution < -0.4 is 11.1 Å². The quantitative estimate of drug-likeness (QED) is 0.215. The molecule has 0 spiro atoms. The Labute approximate surface area is 186 Å². The number of urea groups is 1. The molecular formula is C22H39N3O6. The Morgan fingerprint density at radius 3 is 1.84 bits per heavy atom.